The first-order chi connectivity index (χ1) is 9.92. The van der Waals surface area contributed by atoms with Crippen LogP contribution in [0, 0.1) is 0 Å². The van der Waals surface area contributed by atoms with E-state index < -0.39 is 0 Å². The Bertz CT molecular complexity index is 392. The van der Waals surface area contributed by atoms with Gasteiger partial charge in [0, 0.05) is 45.9 Å². The lowest BCUT2D eigenvalue weighted by Gasteiger charge is -2.27. The molecule has 110 valence electrons. The van der Waals surface area contributed by atoms with Gasteiger partial charge in [0.25, 0.3) is 0 Å². The van der Waals surface area contributed by atoms with E-state index in [0.717, 1.165) is 26.3 Å². The fourth-order valence-electron chi connectivity index (χ4n) is 3.21. The maximum absolute atomic E-state index is 5.44. The maximum Gasteiger partial charge on any atom is 0.0471 e. The summed E-state index contributed by atoms with van der Waals surface area (Å²) in [7, 11) is 0. The first-order valence-corrected chi connectivity index (χ1v) is 8.01. The van der Waals surface area contributed by atoms with Crippen LogP contribution in [-0.2, 0) is 11.2 Å². The summed E-state index contributed by atoms with van der Waals surface area (Å²) in [6, 6.07) is 9.33. The monoisotopic (exact) mass is 274 g/mol. The lowest BCUT2D eigenvalue weighted by atomic mass is 9.91. The summed E-state index contributed by atoms with van der Waals surface area (Å²) < 4.78 is 5.44. The van der Waals surface area contributed by atoms with E-state index in [4.69, 9.17) is 4.74 Å². The molecule has 0 aliphatic carbocycles. The van der Waals surface area contributed by atoms with Gasteiger partial charge in [0.15, 0.2) is 0 Å². The number of hydrogen-bond acceptors (Lipinski definition) is 3. The van der Waals surface area contributed by atoms with Gasteiger partial charge in [-0.3, -0.25) is 0 Å². The summed E-state index contributed by atoms with van der Waals surface area (Å²) >= 11 is 0. The molecule has 2 fully saturated rings. The second kappa shape index (κ2) is 7.21. The molecule has 2 aliphatic heterocycles. The molecule has 0 radical (unpaired) electrons. The number of ether oxygens (including phenoxy) is 1. The van der Waals surface area contributed by atoms with Crippen LogP contribution >= 0.6 is 0 Å². The van der Waals surface area contributed by atoms with E-state index in [0.29, 0.717) is 5.92 Å². The molecule has 0 saturated carbocycles. The summed E-state index contributed by atoms with van der Waals surface area (Å²) in [6.45, 7) is 7.72. The molecule has 2 saturated heterocycles. The van der Waals surface area contributed by atoms with Crippen molar-refractivity contribution in [3.8, 4) is 0 Å². The lowest BCUT2D eigenvalue weighted by Crippen LogP contribution is -2.44. The number of nitrogens with zero attached hydrogens (tertiary/aromatic N) is 1. The minimum Gasteiger partial charge on any atom is -0.381 e. The fourth-order valence-corrected chi connectivity index (χ4v) is 3.21. The molecule has 2 heterocycles. The standard InChI is InChI=1S/C17H26N2O/c1-3-16(17-6-13-20-14-7-17)4-2-15(1)5-10-19-11-8-18-9-12-19/h1-4,17-18H,5-14H2. The van der Waals surface area contributed by atoms with Gasteiger partial charge in [-0.05, 0) is 36.3 Å². The van der Waals surface area contributed by atoms with Crippen LogP contribution in [0.3, 0.4) is 0 Å². The Morgan fingerprint density at radius 1 is 1.05 bits per heavy atom. The van der Waals surface area contributed by atoms with Crippen molar-refractivity contribution in [3.63, 3.8) is 0 Å². The second-order valence-electron chi connectivity index (χ2n) is 5.97. The normalized spacial score (nSPS) is 22.0. The average molecular weight is 274 g/mol. The van der Waals surface area contributed by atoms with Crippen LogP contribution in [0.2, 0.25) is 0 Å². The van der Waals surface area contributed by atoms with Gasteiger partial charge in [-0.15, -0.1) is 0 Å². The summed E-state index contributed by atoms with van der Waals surface area (Å²) in [5, 5.41) is 3.40. The van der Waals surface area contributed by atoms with E-state index in [9.17, 15) is 0 Å². The van der Waals surface area contributed by atoms with Crippen molar-refractivity contribution in [2.75, 3.05) is 45.9 Å². The minimum absolute atomic E-state index is 0.714. The van der Waals surface area contributed by atoms with Crippen LogP contribution in [0.5, 0.6) is 0 Å². The van der Waals surface area contributed by atoms with Crippen LogP contribution in [0.1, 0.15) is 29.9 Å². The molecule has 1 N–H and O–H groups in total. The van der Waals surface area contributed by atoms with Crippen LogP contribution in [0.25, 0.3) is 0 Å². The topological polar surface area (TPSA) is 24.5 Å². The predicted octanol–water partition coefficient (Wildman–Crippen LogP) is 2.03. The van der Waals surface area contributed by atoms with Gasteiger partial charge in [-0.1, -0.05) is 24.3 Å². The van der Waals surface area contributed by atoms with Gasteiger partial charge in [-0.2, -0.15) is 0 Å². The van der Waals surface area contributed by atoms with E-state index in [1.807, 2.05) is 0 Å². The van der Waals surface area contributed by atoms with Crippen LogP contribution in [0.4, 0.5) is 0 Å². The van der Waals surface area contributed by atoms with Crippen molar-refractivity contribution in [1.29, 1.82) is 0 Å². The quantitative estimate of drug-likeness (QED) is 0.909. The van der Waals surface area contributed by atoms with Gasteiger partial charge in [-0.25, -0.2) is 0 Å². The number of piperazine rings is 1. The van der Waals surface area contributed by atoms with E-state index in [1.165, 1.54) is 50.0 Å². The molecule has 0 amide bonds. The highest BCUT2D eigenvalue weighted by Gasteiger charge is 2.15. The summed E-state index contributed by atoms with van der Waals surface area (Å²) in [5.74, 6) is 0.714. The van der Waals surface area contributed by atoms with Gasteiger partial charge >= 0.3 is 0 Å². The highest BCUT2D eigenvalue weighted by Crippen LogP contribution is 2.26. The summed E-state index contributed by atoms with van der Waals surface area (Å²) in [6.07, 6.45) is 3.54. The molecule has 1 aromatic carbocycles. The highest BCUT2D eigenvalue weighted by molar-refractivity contribution is 5.26. The van der Waals surface area contributed by atoms with Crippen LogP contribution in [0.15, 0.2) is 24.3 Å². The zero-order chi connectivity index (χ0) is 13.6. The molecular weight excluding hydrogens is 248 g/mol. The average Bonchev–Trinajstić information content (AvgIpc) is 2.55. The Morgan fingerprint density at radius 3 is 2.45 bits per heavy atom. The third kappa shape index (κ3) is 3.81. The van der Waals surface area contributed by atoms with E-state index in [1.54, 1.807) is 0 Å². The molecule has 3 rings (SSSR count). The van der Waals surface area contributed by atoms with Crippen molar-refractivity contribution < 1.29 is 4.74 Å². The molecule has 20 heavy (non-hydrogen) atoms. The zero-order valence-corrected chi connectivity index (χ0v) is 12.3. The first kappa shape index (κ1) is 14.1. The smallest absolute Gasteiger partial charge is 0.0471 e. The van der Waals surface area contributed by atoms with Gasteiger partial charge in [0.1, 0.15) is 0 Å². The second-order valence-corrected chi connectivity index (χ2v) is 5.97. The van der Waals surface area contributed by atoms with Crippen molar-refractivity contribution >= 4 is 0 Å². The van der Waals surface area contributed by atoms with Gasteiger partial charge in [0.05, 0.1) is 0 Å². The highest BCUT2D eigenvalue weighted by atomic mass is 16.5. The molecule has 3 nitrogen and oxygen atoms in total. The third-order valence-electron chi connectivity index (χ3n) is 4.60. The Kier molecular flexibility index (Phi) is 5.06. The lowest BCUT2D eigenvalue weighted by molar-refractivity contribution is 0.0853. The van der Waals surface area contributed by atoms with Gasteiger partial charge < -0.3 is 15.0 Å². The number of benzene rings is 1. The molecule has 0 spiro atoms. The summed E-state index contributed by atoms with van der Waals surface area (Å²) in [4.78, 5) is 2.56. The SMILES string of the molecule is c1cc(C2CCOCC2)ccc1CCN1CCNCC1. The van der Waals surface area contributed by atoms with E-state index in [-0.39, 0.29) is 0 Å². The molecular formula is C17H26N2O. The molecule has 1 aromatic rings. The molecule has 0 aromatic heterocycles. The van der Waals surface area contributed by atoms with Gasteiger partial charge in [0.2, 0.25) is 0 Å². The Labute approximate surface area is 122 Å². The summed E-state index contributed by atoms with van der Waals surface area (Å²) in [5.41, 5.74) is 2.97. The molecule has 0 bridgehead atoms. The predicted molar refractivity (Wildman–Crippen MR) is 82.2 cm³/mol. The van der Waals surface area contributed by atoms with E-state index >= 15 is 0 Å². The van der Waals surface area contributed by atoms with Crippen molar-refractivity contribution in [2.45, 2.75) is 25.2 Å². The fraction of sp³-hybridized carbons (Fsp3) is 0.647. The molecule has 0 unspecified atom stereocenters. The Balaban J connectivity index is 1.50. The Hall–Kier alpha value is -0.900. The number of rotatable bonds is 4. The minimum atomic E-state index is 0.714. The Morgan fingerprint density at radius 2 is 1.75 bits per heavy atom. The van der Waals surface area contributed by atoms with Crippen LogP contribution < -0.4 is 5.32 Å². The van der Waals surface area contributed by atoms with E-state index in [2.05, 4.69) is 34.5 Å². The molecule has 0 atom stereocenters. The maximum atomic E-state index is 5.44. The zero-order valence-electron chi connectivity index (χ0n) is 12.3. The van der Waals surface area contributed by atoms with Crippen molar-refractivity contribution in [1.82, 2.24) is 10.2 Å². The number of nitrogens with one attached hydrogen (secondary N) is 1. The number of hydrogen-bond donors (Lipinski definition) is 1. The van der Waals surface area contributed by atoms with Crippen molar-refractivity contribution in [2.24, 2.45) is 0 Å². The van der Waals surface area contributed by atoms with Crippen molar-refractivity contribution in [3.05, 3.63) is 35.4 Å². The molecule has 2 aliphatic rings. The third-order valence-corrected chi connectivity index (χ3v) is 4.60. The van der Waals surface area contributed by atoms with Crippen LogP contribution in [-0.4, -0.2) is 50.8 Å². The first-order valence-electron chi connectivity index (χ1n) is 8.01. The largest absolute Gasteiger partial charge is 0.381 e. The molecule has 3 heteroatoms.